The van der Waals surface area contributed by atoms with Gasteiger partial charge in [0.05, 0.1) is 4.90 Å². The van der Waals surface area contributed by atoms with Gasteiger partial charge in [0.1, 0.15) is 11.6 Å². The largest absolute Gasteiger partial charge is 0.288 e. The van der Waals surface area contributed by atoms with Gasteiger partial charge in [-0.25, -0.2) is 23.1 Å². The molecular formula is C17H17BrN4O2S. The first kappa shape index (κ1) is 17.8. The number of hydrogen-bond donors (Lipinski definition) is 1. The third kappa shape index (κ3) is 3.97. The Morgan fingerprint density at radius 3 is 2.60 bits per heavy atom. The van der Waals surface area contributed by atoms with Crippen LogP contribution < -0.4 is 4.72 Å². The predicted octanol–water partition coefficient (Wildman–Crippen LogP) is 3.13. The average molecular weight is 421 g/mol. The van der Waals surface area contributed by atoms with Crippen molar-refractivity contribution in [2.45, 2.75) is 25.3 Å². The maximum absolute atomic E-state index is 12.5. The predicted molar refractivity (Wildman–Crippen MR) is 99.0 cm³/mol. The van der Waals surface area contributed by atoms with Crippen LogP contribution in [0.25, 0.3) is 5.82 Å². The molecule has 1 aromatic carbocycles. The van der Waals surface area contributed by atoms with Crippen molar-refractivity contribution in [3.05, 3.63) is 70.3 Å². The summed E-state index contributed by atoms with van der Waals surface area (Å²) in [5.41, 5.74) is 1.80. The van der Waals surface area contributed by atoms with E-state index in [9.17, 15) is 8.42 Å². The smallest absolute Gasteiger partial charge is 0.241 e. The lowest BCUT2D eigenvalue weighted by molar-refractivity contribution is 0.580. The van der Waals surface area contributed by atoms with Crippen molar-refractivity contribution < 1.29 is 8.42 Å². The third-order valence-corrected chi connectivity index (χ3v) is 6.10. The van der Waals surface area contributed by atoms with Crippen molar-refractivity contribution >= 4 is 26.0 Å². The molecule has 0 saturated carbocycles. The Morgan fingerprint density at radius 1 is 1.12 bits per heavy atom. The summed E-state index contributed by atoms with van der Waals surface area (Å²) < 4.78 is 30.1. The Hall–Kier alpha value is -2.03. The molecule has 0 radical (unpaired) electrons. The van der Waals surface area contributed by atoms with Crippen LogP contribution in [0.3, 0.4) is 0 Å². The molecule has 2 heterocycles. The fourth-order valence-corrected chi connectivity index (χ4v) is 4.61. The molecule has 2 aromatic heterocycles. The molecule has 6 nitrogen and oxygen atoms in total. The number of pyridine rings is 1. The highest BCUT2D eigenvalue weighted by molar-refractivity contribution is 9.10. The molecule has 0 saturated heterocycles. The molecule has 8 heteroatoms. The fraction of sp³-hybridized carbons (Fsp3) is 0.176. The Bertz CT molecular complexity index is 1010. The zero-order valence-corrected chi connectivity index (χ0v) is 16.2. The van der Waals surface area contributed by atoms with Gasteiger partial charge in [0.15, 0.2) is 0 Å². The highest BCUT2D eigenvalue weighted by Crippen LogP contribution is 2.23. The highest BCUT2D eigenvalue weighted by atomic mass is 79.9. The minimum absolute atomic E-state index is 0.173. The Morgan fingerprint density at radius 2 is 1.92 bits per heavy atom. The summed E-state index contributed by atoms with van der Waals surface area (Å²) in [6.45, 7) is 3.96. The summed E-state index contributed by atoms with van der Waals surface area (Å²) in [6.07, 6.45) is 5.16. The zero-order chi connectivity index (χ0) is 18.0. The van der Waals surface area contributed by atoms with Crippen molar-refractivity contribution in [1.82, 2.24) is 19.3 Å². The van der Waals surface area contributed by atoms with Crippen molar-refractivity contribution in [2.75, 3.05) is 0 Å². The van der Waals surface area contributed by atoms with Gasteiger partial charge < -0.3 is 0 Å². The van der Waals surface area contributed by atoms with Crippen LogP contribution in [0.4, 0.5) is 0 Å². The van der Waals surface area contributed by atoms with Gasteiger partial charge in [0.25, 0.3) is 0 Å². The van der Waals surface area contributed by atoms with Crippen molar-refractivity contribution in [2.24, 2.45) is 0 Å². The second-order valence-corrected chi connectivity index (χ2v) is 8.21. The van der Waals surface area contributed by atoms with E-state index in [1.807, 2.05) is 30.7 Å². The van der Waals surface area contributed by atoms with E-state index >= 15 is 0 Å². The van der Waals surface area contributed by atoms with Gasteiger partial charge in [-0.1, -0.05) is 6.07 Å². The summed E-state index contributed by atoms with van der Waals surface area (Å²) in [7, 11) is -3.62. The molecule has 0 unspecified atom stereocenters. The molecule has 0 aliphatic carbocycles. The molecule has 0 atom stereocenters. The summed E-state index contributed by atoms with van der Waals surface area (Å²) in [5, 5.41) is 0. The second kappa shape index (κ2) is 7.07. The number of aryl methyl sites for hydroxylation is 2. The van der Waals surface area contributed by atoms with E-state index in [-0.39, 0.29) is 11.4 Å². The van der Waals surface area contributed by atoms with Gasteiger partial charge in [-0.3, -0.25) is 4.57 Å². The normalized spacial score (nSPS) is 11.6. The van der Waals surface area contributed by atoms with Gasteiger partial charge in [-0.05, 0) is 65.2 Å². The van der Waals surface area contributed by atoms with Crippen molar-refractivity contribution in [3.63, 3.8) is 0 Å². The highest BCUT2D eigenvalue weighted by Gasteiger charge is 2.17. The van der Waals surface area contributed by atoms with E-state index in [0.717, 1.165) is 17.0 Å². The molecule has 1 N–H and O–H groups in total. The van der Waals surface area contributed by atoms with Crippen LogP contribution >= 0.6 is 15.9 Å². The number of rotatable bonds is 5. The van der Waals surface area contributed by atoms with E-state index in [0.29, 0.717) is 10.3 Å². The minimum Gasteiger partial charge on any atom is -0.288 e. The van der Waals surface area contributed by atoms with Gasteiger partial charge in [-0.2, -0.15) is 0 Å². The number of nitrogens with one attached hydrogen (secondary N) is 1. The molecule has 0 fully saturated rings. The number of hydrogen-bond acceptors (Lipinski definition) is 4. The molecule has 3 rings (SSSR count). The lowest BCUT2D eigenvalue weighted by Crippen LogP contribution is -2.23. The van der Waals surface area contributed by atoms with Gasteiger partial charge >= 0.3 is 0 Å². The Labute approximate surface area is 155 Å². The minimum atomic E-state index is -3.62. The quantitative estimate of drug-likeness (QED) is 0.687. The van der Waals surface area contributed by atoms with Crippen molar-refractivity contribution in [1.29, 1.82) is 0 Å². The standard InChI is InChI=1S/C17H17BrN4O2S/c1-12-3-4-16(15(18)9-12)25(23,24)21-11-14-5-6-20-17(10-14)22-8-7-19-13(22)2/h3-10,21H,11H2,1-2H3. The summed E-state index contributed by atoms with van der Waals surface area (Å²) in [4.78, 5) is 8.70. The van der Waals surface area contributed by atoms with Crippen molar-refractivity contribution in [3.8, 4) is 5.82 Å². The first-order valence-electron chi connectivity index (χ1n) is 7.58. The molecule has 0 aliphatic rings. The number of aromatic nitrogens is 3. The first-order chi connectivity index (χ1) is 11.9. The zero-order valence-electron chi connectivity index (χ0n) is 13.8. The summed E-state index contributed by atoms with van der Waals surface area (Å²) in [6, 6.07) is 8.76. The van der Waals surface area contributed by atoms with E-state index in [4.69, 9.17) is 0 Å². The molecule has 130 valence electrons. The second-order valence-electron chi connectivity index (χ2n) is 5.63. The fourth-order valence-electron chi connectivity index (χ4n) is 2.40. The van der Waals surface area contributed by atoms with Crippen LogP contribution in [0.5, 0.6) is 0 Å². The van der Waals surface area contributed by atoms with Crippen LogP contribution in [0, 0.1) is 13.8 Å². The molecule has 0 amide bonds. The summed E-state index contributed by atoms with van der Waals surface area (Å²) >= 11 is 3.32. The van der Waals surface area contributed by atoms with E-state index in [1.165, 1.54) is 0 Å². The Balaban J connectivity index is 1.80. The molecule has 0 bridgehead atoms. The lowest BCUT2D eigenvalue weighted by Gasteiger charge is -2.10. The SMILES string of the molecule is Cc1ccc(S(=O)(=O)NCc2ccnc(-n3ccnc3C)c2)c(Br)c1. The molecular weight excluding hydrogens is 404 g/mol. The number of imidazole rings is 1. The van der Waals surface area contributed by atoms with E-state index in [2.05, 4.69) is 30.6 Å². The monoisotopic (exact) mass is 420 g/mol. The lowest BCUT2D eigenvalue weighted by atomic mass is 10.2. The molecule has 0 aliphatic heterocycles. The first-order valence-corrected chi connectivity index (χ1v) is 9.85. The molecule has 3 aromatic rings. The topological polar surface area (TPSA) is 76.9 Å². The number of sulfonamides is 1. The van der Waals surface area contributed by atoms with Crippen LogP contribution in [0.2, 0.25) is 0 Å². The van der Waals surface area contributed by atoms with E-state index < -0.39 is 10.0 Å². The molecule has 25 heavy (non-hydrogen) atoms. The average Bonchev–Trinajstić information content (AvgIpc) is 2.99. The van der Waals surface area contributed by atoms with Crippen LogP contribution in [-0.2, 0) is 16.6 Å². The van der Waals surface area contributed by atoms with E-state index in [1.54, 1.807) is 36.7 Å². The van der Waals surface area contributed by atoms with Gasteiger partial charge in [0, 0.05) is 29.6 Å². The maximum Gasteiger partial charge on any atom is 0.241 e. The van der Waals surface area contributed by atoms with Gasteiger partial charge in [-0.15, -0.1) is 0 Å². The van der Waals surface area contributed by atoms with Crippen LogP contribution in [-0.4, -0.2) is 23.0 Å². The van der Waals surface area contributed by atoms with Crippen LogP contribution in [0.15, 0.2) is 58.3 Å². The number of nitrogens with zero attached hydrogens (tertiary/aromatic N) is 3. The number of benzene rings is 1. The third-order valence-electron chi connectivity index (χ3n) is 3.73. The van der Waals surface area contributed by atoms with Gasteiger partial charge in [0.2, 0.25) is 10.0 Å². The number of halogens is 1. The maximum atomic E-state index is 12.5. The summed E-state index contributed by atoms with van der Waals surface area (Å²) in [5.74, 6) is 1.51. The van der Waals surface area contributed by atoms with Crippen LogP contribution in [0.1, 0.15) is 17.0 Å². The molecule has 0 spiro atoms. The Kier molecular flexibility index (Phi) is 5.03.